The van der Waals surface area contributed by atoms with Crippen molar-refractivity contribution in [3.05, 3.63) is 60.2 Å². The second kappa shape index (κ2) is 6.31. The number of ether oxygens (including phenoxy) is 1. The van der Waals surface area contributed by atoms with Crippen LogP contribution in [0, 0.1) is 11.3 Å². The Hall–Kier alpha value is -2.90. The van der Waals surface area contributed by atoms with Crippen LogP contribution < -0.4 is 4.90 Å². The number of rotatable bonds is 2. The topological polar surface area (TPSA) is 49.2 Å². The van der Waals surface area contributed by atoms with Gasteiger partial charge in [0.25, 0.3) is 0 Å². The number of nitrogens with zero attached hydrogens (tertiary/aromatic N) is 3. The highest BCUT2D eigenvalue weighted by Gasteiger charge is 2.22. The molecule has 0 atom stereocenters. The van der Waals surface area contributed by atoms with Crippen LogP contribution in [0.25, 0.3) is 22.0 Å². The molecule has 0 aliphatic carbocycles. The van der Waals surface area contributed by atoms with E-state index in [2.05, 4.69) is 11.0 Å². The van der Waals surface area contributed by atoms with E-state index in [-0.39, 0.29) is 0 Å². The van der Waals surface area contributed by atoms with E-state index in [4.69, 9.17) is 9.72 Å². The molecule has 0 radical (unpaired) electrons. The smallest absolute Gasteiger partial charge is 0.148 e. The third-order valence-electron chi connectivity index (χ3n) is 4.36. The van der Waals surface area contributed by atoms with Gasteiger partial charge in [0.15, 0.2) is 0 Å². The highest BCUT2D eigenvalue weighted by atomic mass is 16.5. The number of benzene rings is 2. The number of aromatic nitrogens is 1. The van der Waals surface area contributed by atoms with Crippen molar-refractivity contribution in [2.45, 2.75) is 0 Å². The van der Waals surface area contributed by atoms with E-state index in [9.17, 15) is 5.26 Å². The van der Waals surface area contributed by atoms with Gasteiger partial charge in [0.2, 0.25) is 0 Å². The maximum Gasteiger partial charge on any atom is 0.148 e. The molecule has 4 nitrogen and oxygen atoms in total. The van der Waals surface area contributed by atoms with Gasteiger partial charge in [0, 0.05) is 24.0 Å². The Morgan fingerprint density at radius 3 is 2.42 bits per heavy atom. The highest BCUT2D eigenvalue weighted by molar-refractivity contribution is 6.00. The van der Waals surface area contributed by atoms with Crippen molar-refractivity contribution < 1.29 is 4.74 Å². The van der Waals surface area contributed by atoms with Gasteiger partial charge in [-0.15, -0.1) is 0 Å². The Kier molecular flexibility index (Phi) is 3.86. The molecule has 0 spiro atoms. The first kappa shape index (κ1) is 14.7. The molecular formula is C20H17N3O. The molecular weight excluding hydrogens is 298 g/mol. The van der Waals surface area contributed by atoms with Crippen LogP contribution in [-0.4, -0.2) is 31.3 Å². The van der Waals surface area contributed by atoms with Crippen molar-refractivity contribution in [2.75, 3.05) is 31.2 Å². The number of fused-ring (bicyclic) bond motifs is 1. The molecule has 0 bridgehead atoms. The quantitative estimate of drug-likeness (QED) is 0.725. The van der Waals surface area contributed by atoms with Crippen LogP contribution in [0.4, 0.5) is 5.82 Å². The van der Waals surface area contributed by atoms with Crippen LogP contribution in [0.5, 0.6) is 0 Å². The fourth-order valence-corrected chi connectivity index (χ4v) is 3.21. The molecule has 0 saturated carbocycles. The molecule has 2 heterocycles. The Morgan fingerprint density at radius 2 is 1.67 bits per heavy atom. The van der Waals surface area contributed by atoms with E-state index in [0.29, 0.717) is 18.8 Å². The average Bonchev–Trinajstić information content (AvgIpc) is 2.67. The molecule has 24 heavy (non-hydrogen) atoms. The Labute approximate surface area is 140 Å². The summed E-state index contributed by atoms with van der Waals surface area (Å²) in [6.45, 7) is 2.85. The van der Waals surface area contributed by atoms with Gasteiger partial charge in [-0.25, -0.2) is 4.98 Å². The summed E-state index contributed by atoms with van der Waals surface area (Å²) in [5.74, 6) is 0.762. The standard InChI is InChI=1S/C20H17N3O/c21-14-17-19(15-6-2-1-3-7-15)16-8-4-5-9-18(16)22-20(17)23-10-12-24-13-11-23/h1-9H,10-13H2. The minimum Gasteiger partial charge on any atom is -0.378 e. The summed E-state index contributed by atoms with van der Waals surface area (Å²) in [6.07, 6.45) is 0. The fraction of sp³-hybridized carbons (Fsp3) is 0.200. The minimum atomic E-state index is 0.641. The number of nitriles is 1. The van der Waals surface area contributed by atoms with Crippen LogP contribution in [0.15, 0.2) is 54.6 Å². The first-order valence-electron chi connectivity index (χ1n) is 8.09. The molecule has 118 valence electrons. The highest BCUT2D eigenvalue weighted by Crippen LogP contribution is 2.36. The van der Waals surface area contributed by atoms with Crippen LogP contribution >= 0.6 is 0 Å². The lowest BCUT2D eigenvalue weighted by Crippen LogP contribution is -2.37. The third kappa shape index (κ3) is 2.49. The van der Waals surface area contributed by atoms with Crippen molar-refractivity contribution in [3.63, 3.8) is 0 Å². The third-order valence-corrected chi connectivity index (χ3v) is 4.36. The Bertz CT molecular complexity index is 909. The van der Waals surface area contributed by atoms with Gasteiger partial charge in [-0.3, -0.25) is 0 Å². The van der Waals surface area contributed by atoms with Crippen molar-refractivity contribution in [3.8, 4) is 17.2 Å². The lowest BCUT2D eigenvalue weighted by molar-refractivity contribution is 0.122. The molecule has 0 amide bonds. The van der Waals surface area contributed by atoms with Crippen molar-refractivity contribution in [1.82, 2.24) is 4.98 Å². The molecule has 0 unspecified atom stereocenters. The molecule has 1 fully saturated rings. The first-order chi connectivity index (χ1) is 11.9. The molecule has 0 N–H and O–H groups in total. The summed E-state index contributed by atoms with van der Waals surface area (Å²) < 4.78 is 5.44. The number of para-hydroxylation sites is 1. The molecule has 1 saturated heterocycles. The molecule has 4 heteroatoms. The Balaban J connectivity index is 2.02. The molecule has 2 aromatic carbocycles. The van der Waals surface area contributed by atoms with E-state index in [0.717, 1.165) is 40.9 Å². The first-order valence-corrected chi connectivity index (χ1v) is 8.09. The molecule has 1 aliphatic rings. The summed E-state index contributed by atoms with van der Waals surface area (Å²) >= 11 is 0. The average molecular weight is 315 g/mol. The van der Waals surface area contributed by atoms with Crippen LogP contribution in [-0.2, 0) is 4.74 Å². The Morgan fingerprint density at radius 1 is 0.958 bits per heavy atom. The van der Waals surface area contributed by atoms with Crippen LogP contribution in [0.2, 0.25) is 0 Å². The second-order valence-electron chi connectivity index (χ2n) is 5.78. The zero-order valence-corrected chi connectivity index (χ0v) is 13.3. The minimum absolute atomic E-state index is 0.641. The van der Waals surface area contributed by atoms with Crippen molar-refractivity contribution in [1.29, 1.82) is 5.26 Å². The predicted octanol–water partition coefficient (Wildman–Crippen LogP) is 3.61. The van der Waals surface area contributed by atoms with Gasteiger partial charge in [-0.05, 0) is 11.6 Å². The van der Waals surface area contributed by atoms with Gasteiger partial charge < -0.3 is 9.64 Å². The summed E-state index contributed by atoms with van der Waals surface area (Å²) in [4.78, 5) is 6.96. The number of anilines is 1. The van der Waals surface area contributed by atoms with Crippen LogP contribution in [0.3, 0.4) is 0 Å². The van der Waals surface area contributed by atoms with Crippen LogP contribution in [0.1, 0.15) is 5.56 Å². The van der Waals surface area contributed by atoms with E-state index in [1.165, 1.54) is 0 Å². The summed E-state index contributed by atoms with van der Waals surface area (Å²) in [5, 5.41) is 10.9. The number of pyridine rings is 1. The molecule has 1 aliphatic heterocycles. The molecule has 4 rings (SSSR count). The predicted molar refractivity (Wildman–Crippen MR) is 94.9 cm³/mol. The monoisotopic (exact) mass is 315 g/mol. The largest absolute Gasteiger partial charge is 0.378 e. The molecule has 1 aromatic heterocycles. The molecule has 3 aromatic rings. The lowest BCUT2D eigenvalue weighted by Gasteiger charge is -2.29. The van der Waals surface area contributed by atoms with Gasteiger partial charge >= 0.3 is 0 Å². The van der Waals surface area contributed by atoms with E-state index < -0.39 is 0 Å². The number of hydrogen-bond acceptors (Lipinski definition) is 4. The summed E-state index contributed by atoms with van der Waals surface area (Å²) in [6, 6.07) is 20.5. The number of morpholine rings is 1. The van der Waals surface area contributed by atoms with Gasteiger partial charge in [0.1, 0.15) is 17.5 Å². The van der Waals surface area contributed by atoms with E-state index in [1.807, 2.05) is 54.6 Å². The zero-order chi connectivity index (χ0) is 16.4. The van der Waals surface area contributed by atoms with Gasteiger partial charge in [0.05, 0.1) is 18.7 Å². The van der Waals surface area contributed by atoms with Crippen molar-refractivity contribution >= 4 is 16.7 Å². The van der Waals surface area contributed by atoms with Crippen molar-refractivity contribution in [2.24, 2.45) is 0 Å². The summed E-state index contributed by atoms with van der Waals surface area (Å²) in [5.41, 5.74) is 3.56. The number of hydrogen-bond donors (Lipinski definition) is 0. The maximum absolute atomic E-state index is 9.90. The maximum atomic E-state index is 9.90. The van der Waals surface area contributed by atoms with Gasteiger partial charge in [-0.2, -0.15) is 5.26 Å². The normalized spacial score (nSPS) is 14.5. The summed E-state index contributed by atoms with van der Waals surface area (Å²) in [7, 11) is 0. The SMILES string of the molecule is N#Cc1c(N2CCOCC2)nc2ccccc2c1-c1ccccc1. The zero-order valence-electron chi connectivity index (χ0n) is 13.3. The van der Waals surface area contributed by atoms with E-state index >= 15 is 0 Å². The fourth-order valence-electron chi connectivity index (χ4n) is 3.21. The van der Waals surface area contributed by atoms with E-state index in [1.54, 1.807) is 0 Å². The lowest BCUT2D eigenvalue weighted by atomic mass is 9.96. The second-order valence-corrected chi connectivity index (χ2v) is 5.78. The van der Waals surface area contributed by atoms with Gasteiger partial charge in [-0.1, -0.05) is 48.5 Å².